The third-order valence-electron chi connectivity index (χ3n) is 4.42. The lowest BCUT2D eigenvalue weighted by Gasteiger charge is -2.31. The molecule has 0 saturated heterocycles. The second-order valence-corrected chi connectivity index (χ2v) is 5.74. The molecule has 2 aromatic rings. The molecule has 126 valence electrons. The van der Waals surface area contributed by atoms with Gasteiger partial charge >= 0.3 is 0 Å². The van der Waals surface area contributed by atoms with Gasteiger partial charge in [-0.3, -0.25) is 9.78 Å². The van der Waals surface area contributed by atoms with Gasteiger partial charge in [-0.15, -0.1) is 24.8 Å². The molecule has 0 bridgehead atoms. The fourth-order valence-electron chi connectivity index (χ4n) is 3.22. The molecule has 1 heterocycles. The van der Waals surface area contributed by atoms with E-state index in [0.29, 0.717) is 18.2 Å². The van der Waals surface area contributed by atoms with Crippen LogP contribution in [0.15, 0.2) is 36.5 Å². The molecule has 1 saturated carbocycles. The average molecular weight is 356 g/mol. The van der Waals surface area contributed by atoms with Crippen molar-refractivity contribution in [3.63, 3.8) is 0 Å². The molecule has 1 aromatic carbocycles. The summed E-state index contributed by atoms with van der Waals surface area (Å²) in [5.41, 5.74) is 6.34. The van der Waals surface area contributed by atoms with Crippen LogP contribution in [0.1, 0.15) is 36.2 Å². The number of halogens is 2. The number of carbonyl (C=O) groups excluding carboxylic acids is 1. The van der Waals surface area contributed by atoms with E-state index in [1.54, 1.807) is 6.20 Å². The van der Waals surface area contributed by atoms with Crippen LogP contribution in [0.25, 0.3) is 10.8 Å². The van der Waals surface area contributed by atoms with Gasteiger partial charge in [0.15, 0.2) is 0 Å². The van der Waals surface area contributed by atoms with E-state index in [0.717, 1.165) is 30.0 Å². The lowest BCUT2D eigenvalue weighted by molar-refractivity contribution is 0.0905. The van der Waals surface area contributed by atoms with Crippen LogP contribution >= 0.6 is 24.8 Å². The number of hydrogen-bond acceptors (Lipinski definition) is 3. The van der Waals surface area contributed by atoms with Crippen LogP contribution in [0.4, 0.5) is 0 Å². The summed E-state index contributed by atoms with van der Waals surface area (Å²) in [6, 6.07) is 9.95. The number of fused-ring (bicyclic) bond motifs is 1. The molecule has 0 radical (unpaired) electrons. The number of amides is 1. The molecule has 2 unspecified atom stereocenters. The first kappa shape index (κ1) is 19.7. The third kappa shape index (κ3) is 4.34. The zero-order chi connectivity index (χ0) is 14.7. The second kappa shape index (κ2) is 9.06. The molecule has 3 rings (SSSR count). The Morgan fingerprint density at radius 3 is 2.70 bits per heavy atom. The fraction of sp³-hybridized carbons (Fsp3) is 0.412. The maximum absolute atomic E-state index is 12.6. The van der Waals surface area contributed by atoms with Crippen LogP contribution in [-0.2, 0) is 0 Å². The van der Waals surface area contributed by atoms with Crippen molar-refractivity contribution in [2.45, 2.75) is 31.7 Å². The van der Waals surface area contributed by atoms with Gasteiger partial charge < -0.3 is 11.1 Å². The highest BCUT2D eigenvalue weighted by Crippen LogP contribution is 2.24. The second-order valence-electron chi connectivity index (χ2n) is 5.74. The minimum Gasteiger partial charge on any atom is -0.348 e. The molecule has 3 N–H and O–H groups in total. The Hall–Kier alpha value is -1.36. The first-order valence-corrected chi connectivity index (χ1v) is 7.64. The predicted octanol–water partition coefficient (Wildman–Crippen LogP) is 3.33. The van der Waals surface area contributed by atoms with Crippen molar-refractivity contribution in [1.82, 2.24) is 10.3 Å². The summed E-state index contributed by atoms with van der Waals surface area (Å²) in [4.78, 5) is 16.9. The van der Waals surface area contributed by atoms with Gasteiger partial charge in [-0.25, -0.2) is 0 Å². The number of nitrogens with zero attached hydrogens (tertiary/aromatic N) is 1. The maximum atomic E-state index is 12.6. The van der Waals surface area contributed by atoms with Crippen LogP contribution in [0.3, 0.4) is 0 Å². The Bertz CT molecular complexity index is 645. The molecule has 1 aromatic heterocycles. The molecule has 0 spiro atoms. The van der Waals surface area contributed by atoms with Crippen LogP contribution < -0.4 is 11.1 Å². The zero-order valence-electron chi connectivity index (χ0n) is 12.9. The van der Waals surface area contributed by atoms with Gasteiger partial charge in [0, 0.05) is 17.6 Å². The number of hydrogen-bond donors (Lipinski definition) is 2. The van der Waals surface area contributed by atoms with Crippen LogP contribution in [-0.4, -0.2) is 23.5 Å². The zero-order valence-corrected chi connectivity index (χ0v) is 14.5. The summed E-state index contributed by atoms with van der Waals surface area (Å²) in [7, 11) is 0. The number of nitrogens with two attached hydrogens (primary N) is 1. The molecular weight excluding hydrogens is 333 g/mol. The van der Waals surface area contributed by atoms with Crippen molar-refractivity contribution < 1.29 is 4.79 Å². The smallest absolute Gasteiger partial charge is 0.270 e. The van der Waals surface area contributed by atoms with E-state index in [1.807, 2.05) is 30.3 Å². The van der Waals surface area contributed by atoms with Crippen molar-refractivity contribution >= 4 is 41.5 Å². The normalized spacial score (nSPS) is 20.2. The lowest BCUT2D eigenvalue weighted by atomic mass is 9.84. The molecular formula is C17H23Cl2N3O. The minimum absolute atomic E-state index is 0. The predicted molar refractivity (Wildman–Crippen MR) is 98.5 cm³/mol. The van der Waals surface area contributed by atoms with E-state index in [1.165, 1.54) is 6.42 Å². The van der Waals surface area contributed by atoms with Gasteiger partial charge in [0.2, 0.25) is 0 Å². The highest BCUT2D eigenvalue weighted by atomic mass is 35.5. The minimum atomic E-state index is -0.0860. The van der Waals surface area contributed by atoms with E-state index in [2.05, 4.69) is 10.3 Å². The van der Waals surface area contributed by atoms with Gasteiger partial charge in [0.05, 0.1) is 0 Å². The standard InChI is InChI=1S/C17H21N3O.2ClH/c18-11-13-6-2-4-8-15(13)20-17(21)16-14-7-3-1-5-12(14)9-10-19-16;;/h1,3,5,7,9-10,13,15H,2,4,6,8,11,18H2,(H,20,21);2*1H. The molecule has 6 heteroatoms. The summed E-state index contributed by atoms with van der Waals surface area (Å²) in [5.74, 6) is 0.301. The first-order valence-electron chi connectivity index (χ1n) is 7.64. The summed E-state index contributed by atoms with van der Waals surface area (Å²) in [6.07, 6.45) is 6.17. The van der Waals surface area contributed by atoms with Crippen LogP contribution in [0.5, 0.6) is 0 Å². The van der Waals surface area contributed by atoms with Gasteiger partial charge in [-0.05, 0) is 36.8 Å². The Kier molecular flexibility index (Phi) is 7.76. The van der Waals surface area contributed by atoms with E-state index < -0.39 is 0 Å². The summed E-state index contributed by atoms with van der Waals surface area (Å²) in [6.45, 7) is 0.633. The van der Waals surface area contributed by atoms with Gasteiger partial charge in [-0.1, -0.05) is 37.1 Å². The molecule has 0 aliphatic heterocycles. The Balaban J connectivity index is 0.00000132. The topological polar surface area (TPSA) is 68.0 Å². The number of nitrogens with one attached hydrogen (secondary N) is 1. The van der Waals surface area contributed by atoms with Crippen molar-refractivity contribution in [3.8, 4) is 0 Å². The van der Waals surface area contributed by atoms with E-state index in [-0.39, 0.29) is 36.8 Å². The van der Waals surface area contributed by atoms with E-state index in [4.69, 9.17) is 5.73 Å². The monoisotopic (exact) mass is 355 g/mol. The van der Waals surface area contributed by atoms with Crippen molar-refractivity contribution in [2.24, 2.45) is 11.7 Å². The average Bonchev–Trinajstić information content (AvgIpc) is 2.54. The molecule has 4 nitrogen and oxygen atoms in total. The molecule has 1 fully saturated rings. The quantitative estimate of drug-likeness (QED) is 0.887. The molecule has 2 atom stereocenters. The highest BCUT2D eigenvalue weighted by molar-refractivity contribution is 6.05. The van der Waals surface area contributed by atoms with Crippen molar-refractivity contribution in [1.29, 1.82) is 0 Å². The van der Waals surface area contributed by atoms with Crippen LogP contribution in [0.2, 0.25) is 0 Å². The molecule has 1 aliphatic carbocycles. The number of carbonyl (C=O) groups is 1. The summed E-state index contributed by atoms with van der Waals surface area (Å²) in [5, 5.41) is 5.09. The van der Waals surface area contributed by atoms with Crippen molar-refractivity contribution in [3.05, 3.63) is 42.2 Å². The Labute approximate surface area is 149 Å². The first-order chi connectivity index (χ1) is 10.3. The molecule has 1 amide bonds. The van der Waals surface area contributed by atoms with E-state index in [9.17, 15) is 4.79 Å². The van der Waals surface area contributed by atoms with Gasteiger partial charge in [0.1, 0.15) is 5.69 Å². The summed E-state index contributed by atoms with van der Waals surface area (Å²) < 4.78 is 0. The highest BCUT2D eigenvalue weighted by Gasteiger charge is 2.26. The fourth-order valence-corrected chi connectivity index (χ4v) is 3.22. The van der Waals surface area contributed by atoms with Gasteiger partial charge in [-0.2, -0.15) is 0 Å². The van der Waals surface area contributed by atoms with Crippen molar-refractivity contribution in [2.75, 3.05) is 6.54 Å². The number of aromatic nitrogens is 1. The third-order valence-corrected chi connectivity index (χ3v) is 4.42. The number of rotatable bonds is 3. The SMILES string of the molecule is Cl.Cl.NCC1CCCCC1NC(=O)c1nccc2ccccc12. The maximum Gasteiger partial charge on any atom is 0.270 e. The Morgan fingerprint density at radius 1 is 1.17 bits per heavy atom. The lowest BCUT2D eigenvalue weighted by Crippen LogP contribution is -2.45. The van der Waals surface area contributed by atoms with E-state index >= 15 is 0 Å². The number of benzene rings is 1. The van der Waals surface area contributed by atoms with Gasteiger partial charge in [0.25, 0.3) is 5.91 Å². The largest absolute Gasteiger partial charge is 0.348 e. The van der Waals surface area contributed by atoms with Crippen LogP contribution in [0, 0.1) is 5.92 Å². The molecule has 23 heavy (non-hydrogen) atoms. The molecule has 1 aliphatic rings. The number of pyridine rings is 1. The Morgan fingerprint density at radius 2 is 1.91 bits per heavy atom. The summed E-state index contributed by atoms with van der Waals surface area (Å²) >= 11 is 0.